The predicted octanol–water partition coefficient (Wildman–Crippen LogP) is 3.75. The summed E-state index contributed by atoms with van der Waals surface area (Å²) in [5.74, 6) is -1.26. The molecule has 1 atom stereocenters. The number of rotatable bonds is 5. The van der Waals surface area contributed by atoms with E-state index in [0.29, 0.717) is 0 Å². The van der Waals surface area contributed by atoms with Crippen molar-refractivity contribution in [1.29, 1.82) is 0 Å². The highest BCUT2D eigenvalue weighted by molar-refractivity contribution is 5.96. The number of alkyl halides is 3. The normalized spacial score (nSPS) is 21.7. The summed E-state index contributed by atoms with van der Waals surface area (Å²) in [6, 6.07) is 4.52. The summed E-state index contributed by atoms with van der Waals surface area (Å²) in [6.45, 7) is 4.68. The molecule has 154 valence electrons. The van der Waals surface area contributed by atoms with E-state index in [0.717, 1.165) is 12.1 Å². The fourth-order valence-electron chi connectivity index (χ4n) is 2.74. The summed E-state index contributed by atoms with van der Waals surface area (Å²) >= 11 is 0. The van der Waals surface area contributed by atoms with E-state index in [4.69, 9.17) is 9.47 Å². The number of carbonyl (C=O) groups excluding carboxylic acids is 2. The molecular formula is C20H23F3O5. The molecule has 1 fully saturated rings. The first-order valence-electron chi connectivity index (χ1n) is 8.71. The molecule has 0 aromatic heterocycles. The Labute approximate surface area is 161 Å². The minimum Gasteiger partial charge on any atom is -0.461 e. The average Bonchev–Trinajstić information content (AvgIpc) is 2.88. The second kappa shape index (κ2) is 7.95. The van der Waals surface area contributed by atoms with Crippen LogP contribution < -0.4 is 0 Å². The molecule has 1 aliphatic rings. The molecule has 1 saturated heterocycles. The molecule has 0 aliphatic carbocycles. The summed E-state index contributed by atoms with van der Waals surface area (Å²) in [5, 5.41) is 9.67. The van der Waals surface area contributed by atoms with Gasteiger partial charge < -0.3 is 14.6 Å². The lowest BCUT2D eigenvalue weighted by atomic mass is 9.92. The Balaban J connectivity index is 2.14. The van der Waals surface area contributed by atoms with Crippen LogP contribution in [0.4, 0.5) is 13.2 Å². The third kappa shape index (κ3) is 5.82. The Morgan fingerprint density at radius 3 is 2.57 bits per heavy atom. The van der Waals surface area contributed by atoms with Crippen molar-refractivity contribution >= 4 is 18.0 Å². The molecule has 1 aromatic carbocycles. The number of aliphatic hydroxyl groups is 1. The van der Waals surface area contributed by atoms with Gasteiger partial charge in [-0.3, -0.25) is 4.79 Å². The van der Waals surface area contributed by atoms with Crippen molar-refractivity contribution in [3.63, 3.8) is 0 Å². The molecule has 28 heavy (non-hydrogen) atoms. The Bertz CT molecular complexity index is 777. The van der Waals surface area contributed by atoms with E-state index in [1.54, 1.807) is 0 Å². The minimum absolute atomic E-state index is 0.0820. The molecule has 1 unspecified atom stereocenters. The quantitative estimate of drug-likeness (QED) is 0.602. The molecule has 0 spiro atoms. The molecule has 0 radical (unpaired) electrons. The number of aliphatic hydroxyl groups excluding tert-OH is 1. The smallest absolute Gasteiger partial charge is 0.416 e. The van der Waals surface area contributed by atoms with Crippen molar-refractivity contribution in [3.8, 4) is 0 Å². The topological polar surface area (TPSA) is 72.8 Å². The van der Waals surface area contributed by atoms with Crippen molar-refractivity contribution in [1.82, 2.24) is 0 Å². The standard InChI is InChI=1S/C20H23F3O5/c1-18(2,3)10-16(25)27-12-19(11-24)9-14(17(26)28-19)7-13-5-4-6-15(8-13)20(21,22)23/h4-8,24H,9-12H2,1-3H3/b14-7-. The monoisotopic (exact) mass is 400 g/mol. The van der Waals surface area contributed by atoms with Gasteiger partial charge in [-0.15, -0.1) is 0 Å². The highest BCUT2D eigenvalue weighted by atomic mass is 19.4. The largest absolute Gasteiger partial charge is 0.461 e. The van der Waals surface area contributed by atoms with Crippen molar-refractivity contribution < 1.29 is 37.3 Å². The van der Waals surface area contributed by atoms with Crippen LogP contribution in [0.2, 0.25) is 0 Å². The van der Waals surface area contributed by atoms with Crippen LogP contribution in [0.1, 0.15) is 44.7 Å². The minimum atomic E-state index is -4.50. The van der Waals surface area contributed by atoms with Crippen LogP contribution in [-0.4, -0.2) is 35.9 Å². The van der Waals surface area contributed by atoms with Gasteiger partial charge >= 0.3 is 18.1 Å². The fraction of sp³-hybridized carbons (Fsp3) is 0.500. The summed E-state index contributed by atoms with van der Waals surface area (Å²) in [6.07, 6.45) is -3.15. The van der Waals surface area contributed by atoms with E-state index in [1.807, 2.05) is 20.8 Å². The Kier molecular flexibility index (Phi) is 6.23. The van der Waals surface area contributed by atoms with E-state index in [9.17, 15) is 27.9 Å². The van der Waals surface area contributed by atoms with Crippen molar-refractivity contribution in [2.75, 3.05) is 13.2 Å². The summed E-state index contributed by atoms with van der Waals surface area (Å²) in [7, 11) is 0. The molecule has 1 aliphatic heterocycles. The zero-order valence-corrected chi connectivity index (χ0v) is 15.9. The van der Waals surface area contributed by atoms with Crippen LogP contribution in [0.25, 0.3) is 6.08 Å². The first-order chi connectivity index (χ1) is 12.8. The first-order valence-corrected chi connectivity index (χ1v) is 8.71. The third-order valence-electron chi connectivity index (χ3n) is 4.10. The van der Waals surface area contributed by atoms with Gasteiger partial charge in [-0.1, -0.05) is 32.9 Å². The van der Waals surface area contributed by atoms with Crippen LogP contribution in [-0.2, 0) is 25.2 Å². The Morgan fingerprint density at radius 2 is 2.00 bits per heavy atom. The van der Waals surface area contributed by atoms with Crippen molar-refractivity contribution in [2.24, 2.45) is 5.41 Å². The fourth-order valence-corrected chi connectivity index (χ4v) is 2.74. The molecule has 8 heteroatoms. The van der Waals surface area contributed by atoms with Gasteiger partial charge in [0.05, 0.1) is 18.6 Å². The number of carbonyl (C=O) groups is 2. The highest BCUT2D eigenvalue weighted by Gasteiger charge is 2.44. The summed E-state index contributed by atoms with van der Waals surface area (Å²) in [5.41, 5.74) is -2.28. The van der Waals surface area contributed by atoms with Gasteiger partial charge in [0.2, 0.25) is 0 Å². The zero-order chi connectivity index (χ0) is 21.2. The maximum absolute atomic E-state index is 12.8. The lowest BCUT2D eigenvalue weighted by Crippen LogP contribution is -2.39. The molecule has 1 heterocycles. The van der Waals surface area contributed by atoms with Crippen molar-refractivity contribution in [3.05, 3.63) is 41.0 Å². The first kappa shape index (κ1) is 21.9. The van der Waals surface area contributed by atoms with Gasteiger partial charge in [-0.05, 0) is 29.2 Å². The van der Waals surface area contributed by atoms with E-state index in [2.05, 4.69) is 0 Å². The van der Waals surface area contributed by atoms with Crippen LogP contribution in [0.15, 0.2) is 29.8 Å². The average molecular weight is 400 g/mol. The Morgan fingerprint density at radius 1 is 1.32 bits per heavy atom. The van der Waals surface area contributed by atoms with Gasteiger partial charge in [0.15, 0.2) is 5.60 Å². The van der Waals surface area contributed by atoms with Crippen LogP contribution in [0, 0.1) is 5.41 Å². The van der Waals surface area contributed by atoms with Crippen LogP contribution >= 0.6 is 0 Å². The molecule has 1 N–H and O–H groups in total. The van der Waals surface area contributed by atoms with Crippen LogP contribution in [0.3, 0.4) is 0 Å². The van der Waals surface area contributed by atoms with Gasteiger partial charge in [0, 0.05) is 12.0 Å². The van der Waals surface area contributed by atoms with E-state index in [1.165, 1.54) is 18.2 Å². The summed E-state index contributed by atoms with van der Waals surface area (Å²) in [4.78, 5) is 24.0. The molecule has 1 aromatic rings. The van der Waals surface area contributed by atoms with Crippen molar-refractivity contribution in [2.45, 2.75) is 45.4 Å². The predicted molar refractivity (Wildman–Crippen MR) is 95.0 cm³/mol. The SMILES string of the molecule is CC(C)(C)CC(=O)OCC1(CO)C/C(=C/c2cccc(C(F)(F)F)c2)C(=O)O1. The zero-order valence-electron chi connectivity index (χ0n) is 15.9. The molecule has 5 nitrogen and oxygen atoms in total. The Hall–Kier alpha value is -2.35. The lowest BCUT2D eigenvalue weighted by Gasteiger charge is -2.25. The number of esters is 2. The number of cyclic esters (lactones) is 1. The number of halogens is 3. The van der Waals surface area contributed by atoms with Gasteiger partial charge in [-0.2, -0.15) is 13.2 Å². The van der Waals surface area contributed by atoms with E-state index in [-0.39, 0.29) is 36.0 Å². The van der Waals surface area contributed by atoms with E-state index >= 15 is 0 Å². The van der Waals surface area contributed by atoms with Gasteiger partial charge in [-0.25, -0.2) is 4.79 Å². The second-order valence-corrected chi connectivity index (χ2v) is 8.10. The highest BCUT2D eigenvalue weighted by Crippen LogP contribution is 2.34. The maximum atomic E-state index is 12.8. The molecule has 0 saturated carbocycles. The molecule has 0 amide bonds. The second-order valence-electron chi connectivity index (χ2n) is 8.10. The third-order valence-corrected chi connectivity index (χ3v) is 4.10. The molecule has 0 bridgehead atoms. The number of hydrogen-bond donors (Lipinski definition) is 1. The number of hydrogen-bond acceptors (Lipinski definition) is 5. The molecule has 2 rings (SSSR count). The van der Waals surface area contributed by atoms with Gasteiger partial charge in [0.25, 0.3) is 0 Å². The van der Waals surface area contributed by atoms with Crippen LogP contribution in [0.5, 0.6) is 0 Å². The maximum Gasteiger partial charge on any atom is 0.416 e. The molecular weight excluding hydrogens is 377 g/mol. The number of ether oxygens (including phenoxy) is 2. The lowest BCUT2D eigenvalue weighted by molar-refractivity contribution is -0.167. The summed E-state index contributed by atoms with van der Waals surface area (Å²) < 4.78 is 48.9. The number of benzene rings is 1. The van der Waals surface area contributed by atoms with E-state index < -0.39 is 35.9 Å². The van der Waals surface area contributed by atoms with Gasteiger partial charge in [0.1, 0.15) is 6.61 Å².